The molecule has 0 unspecified atom stereocenters. The first-order valence-corrected chi connectivity index (χ1v) is 8.17. The van der Waals surface area contributed by atoms with Gasteiger partial charge in [0.1, 0.15) is 5.69 Å². The minimum atomic E-state index is -0.379. The molecule has 0 aliphatic heterocycles. The van der Waals surface area contributed by atoms with Crippen LogP contribution in [0.1, 0.15) is 39.9 Å². The summed E-state index contributed by atoms with van der Waals surface area (Å²) in [5.74, 6) is -0.133. The van der Waals surface area contributed by atoms with E-state index in [1.54, 1.807) is 24.4 Å². The van der Waals surface area contributed by atoms with Crippen LogP contribution in [0.15, 0.2) is 41.3 Å². The normalized spacial score (nSPS) is 18.5. The highest BCUT2D eigenvalue weighted by Crippen LogP contribution is 2.29. The van der Waals surface area contributed by atoms with Crippen molar-refractivity contribution in [3.05, 3.63) is 63.8 Å². The van der Waals surface area contributed by atoms with Gasteiger partial charge < -0.3 is 15.2 Å². The van der Waals surface area contributed by atoms with Crippen LogP contribution in [0.5, 0.6) is 0 Å². The van der Waals surface area contributed by atoms with Gasteiger partial charge in [-0.15, -0.1) is 0 Å². The Balaban J connectivity index is 1.92. The van der Waals surface area contributed by atoms with Crippen LogP contribution in [0, 0.1) is 5.92 Å². The molecule has 1 aliphatic rings. The molecule has 2 heterocycles. The summed E-state index contributed by atoms with van der Waals surface area (Å²) in [6, 6.07) is 8.12. The Morgan fingerprint density at radius 1 is 1.28 bits per heavy atom. The molecule has 0 bridgehead atoms. The van der Waals surface area contributed by atoms with Crippen molar-refractivity contribution in [3.8, 4) is 0 Å². The number of pyridine rings is 2. The molecular formula is C18H20N4O3. The average Bonchev–Trinajstić information content (AvgIpc) is 3.30. The highest BCUT2D eigenvalue weighted by molar-refractivity contribution is 5.98. The highest BCUT2D eigenvalue weighted by Gasteiger charge is 2.34. The van der Waals surface area contributed by atoms with Crippen molar-refractivity contribution in [3.63, 3.8) is 0 Å². The van der Waals surface area contributed by atoms with Crippen LogP contribution in [0.4, 0.5) is 0 Å². The van der Waals surface area contributed by atoms with Gasteiger partial charge in [0, 0.05) is 30.9 Å². The second-order valence-electron chi connectivity index (χ2n) is 6.27. The molecule has 1 fully saturated rings. The number of carbonyl (C=O) groups excluding carboxylic acids is 2. The zero-order valence-electron chi connectivity index (χ0n) is 14.2. The molecule has 2 aromatic heterocycles. The molecule has 0 saturated heterocycles. The number of nitrogens with one attached hydrogen (secondary N) is 2. The van der Waals surface area contributed by atoms with Gasteiger partial charge >= 0.3 is 0 Å². The fourth-order valence-corrected chi connectivity index (χ4v) is 2.58. The lowest BCUT2D eigenvalue weighted by Crippen LogP contribution is -2.28. The Bertz CT molecular complexity index is 875. The van der Waals surface area contributed by atoms with Gasteiger partial charge in [-0.05, 0) is 30.5 Å². The lowest BCUT2D eigenvalue weighted by molar-refractivity contribution is 0.0949. The summed E-state index contributed by atoms with van der Waals surface area (Å²) in [4.78, 5) is 40.6. The molecule has 130 valence electrons. The summed E-state index contributed by atoms with van der Waals surface area (Å²) in [6.45, 7) is 2.26. The standard InChI is InChI=1S/C18H20N4O3/c1-11-7-14(11)21-17(24)12-8-13(20-15(9-12)18(25)19-2)10-22-6-4-3-5-16(22)23/h3-6,8-9,11,14H,7,10H2,1-2H3,(H,19,25)(H,21,24)/t11-,14-/m0/s1. The summed E-state index contributed by atoms with van der Waals surface area (Å²) in [7, 11) is 1.50. The third kappa shape index (κ3) is 3.93. The van der Waals surface area contributed by atoms with E-state index in [9.17, 15) is 14.4 Å². The first kappa shape index (κ1) is 16.9. The number of amides is 2. The van der Waals surface area contributed by atoms with Gasteiger partial charge in [0.15, 0.2) is 0 Å². The van der Waals surface area contributed by atoms with E-state index in [-0.39, 0.29) is 35.7 Å². The predicted octanol–water partition coefficient (Wildman–Crippen LogP) is 0.789. The van der Waals surface area contributed by atoms with Gasteiger partial charge in [-0.2, -0.15) is 0 Å². The molecule has 2 atom stereocenters. The van der Waals surface area contributed by atoms with E-state index in [4.69, 9.17) is 0 Å². The third-order valence-corrected chi connectivity index (χ3v) is 4.26. The van der Waals surface area contributed by atoms with Gasteiger partial charge in [0.25, 0.3) is 17.4 Å². The van der Waals surface area contributed by atoms with Crippen molar-refractivity contribution in [2.45, 2.75) is 25.9 Å². The third-order valence-electron chi connectivity index (χ3n) is 4.26. The van der Waals surface area contributed by atoms with Crippen LogP contribution < -0.4 is 16.2 Å². The quantitative estimate of drug-likeness (QED) is 0.841. The van der Waals surface area contributed by atoms with Gasteiger partial charge in [-0.1, -0.05) is 13.0 Å². The van der Waals surface area contributed by atoms with Crippen molar-refractivity contribution < 1.29 is 9.59 Å². The Labute approximate surface area is 145 Å². The molecule has 1 aliphatic carbocycles. The van der Waals surface area contributed by atoms with Gasteiger partial charge in [0.05, 0.1) is 12.2 Å². The summed E-state index contributed by atoms with van der Waals surface area (Å²) in [6.07, 6.45) is 2.60. The molecule has 2 aromatic rings. The fourth-order valence-electron chi connectivity index (χ4n) is 2.58. The maximum atomic E-state index is 12.4. The molecule has 1 saturated carbocycles. The average molecular weight is 340 g/mol. The summed E-state index contributed by atoms with van der Waals surface area (Å²) in [5, 5.41) is 5.45. The van der Waals surface area contributed by atoms with Crippen molar-refractivity contribution in [1.82, 2.24) is 20.2 Å². The molecule has 3 rings (SSSR count). The van der Waals surface area contributed by atoms with Gasteiger partial charge in [-0.3, -0.25) is 14.4 Å². The molecule has 7 heteroatoms. The van der Waals surface area contributed by atoms with Crippen molar-refractivity contribution in [2.75, 3.05) is 7.05 Å². The minimum Gasteiger partial charge on any atom is -0.354 e. The Kier molecular flexibility index (Phi) is 4.65. The lowest BCUT2D eigenvalue weighted by Gasteiger charge is -2.10. The van der Waals surface area contributed by atoms with E-state index in [0.29, 0.717) is 17.2 Å². The van der Waals surface area contributed by atoms with Crippen molar-refractivity contribution in [2.24, 2.45) is 5.92 Å². The van der Waals surface area contributed by atoms with E-state index >= 15 is 0 Å². The molecule has 25 heavy (non-hydrogen) atoms. The molecule has 0 spiro atoms. The number of carbonyl (C=O) groups is 2. The monoisotopic (exact) mass is 340 g/mol. The van der Waals surface area contributed by atoms with E-state index in [1.165, 1.54) is 23.7 Å². The second kappa shape index (κ2) is 6.88. The minimum absolute atomic E-state index is 0.151. The second-order valence-corrected chi connectivity index (χ2v) is 6.27. The van der Waals surface area contributed by atoms with Crippen molar-refractivity contribution >= 4 is 11.8 Å². The molecular weight excluding hydrogens is 320 g/mol. The number of rotatable bonds is 5. The zero-order chi connectivity index (χ0) is 18.0. The molecule has 2 amide bonds. The Hall–Kier alpha value is -2.96. The maximum absolute atomic E-state index is 12.4. The van der Waals surface area contributed by atoms with Crippen molar-refractivity contribution in [1.29, 1.82) is 0 Å². The van der Waals surface area contributed by atoms with Crippen LogP contribution in [0.25, 0.3) is 0 Å². The smallest absolute Gasteiger partial charge is 0.269 e. The van der Waals surface area contributed by atoms with E-state index in [2.05, 4.69) is 22.5 Å². The number of aromatic nitrogens is 2. The van der Waals surface area contributed by atoms with Crippen LogP contribution >= 0.6 is 0 Å². The van der Waals surface area contributed by atoms with E-state index in [1.807, 2.05) is 0 Å². The van der Waals surface area contributed by atoms with Crippen LogP contribution in [-0.2, 0) is 6.54 Å². The number of hydrogen-bond acceptors (Lipinski definition) is 4. The Morgan fingerprint density at radius 3 is 2.68 bits per heavy atom. The largest absolute Gasteiger partial charge is 0.354 e. The SMILES string of the molecule is CNC(=O)c1cc(C(=O)N[C@H]2C[C@@H]2C)cc(Cn2ccccc2=O)n1. The van der Waals surface area contributed by atoms with Crippen LogP contribution in [-0.4, -0.2) is 34.5 Å². The molecule has 7 nitrogen and oxygen atoms in total. The number of hydrogen-bond donors (Lipinski definition) is 2. The van der Waals surface area contributed by atoms with E-state index < -0.39 is 0 Å². The molecule has 0 radical (unpaired) electrons. The predicted molar refractivity (Wildman–Crippen MR) is 92.5 cm³/mol. The maximum Gasteiger partial charge on any atom is 0.269 e. The zero-order valence-corrected chi connectivity index (χ0v) is 14.2. The molecule has 2 N–H and O–H groups in total. The summed E-state index contributed by atoms with van der Waals surface area (Å²) < 4.78 is 1.47. The van der Waals surface area contributed by atoms with Gasteiger partial charge in [-0.25, -0.2) is 4.98 Å². The van der Waals surface area contributed by atoms with E-state index in [0.717, 1.165) is 6.42 Å². The summed E-state index contributed by atoms with van der Waals surface area (Å²) in [5.41, 5.74) is 0.820. The topological polar surface area (TPSA) is 93.1 Å². The van der Waals surface area contributed by atoms with Gasteiger partial charge in [0.2, 0.25) is 0 Å². The first-order valence-electron chi connectivity index (χ1n) is 8.17. The first-order chi connectivity index (χ1) is 12.0. The highest BCUT2D eigenvalue weighted by atomic mass is 16.2. The van der Waals surface area contributed by atoms with Crippen LogP contribution in [0.2, 0.25) is 0 Å². The Morgan fingerprint density at radius 2 is 2.04 bits per heavy atom. The van der Waals surface area contributed by atoms with Crippen LogP contribution in [0.3, 0.4) is 0 Å². The fraction of sp³-hybridized carbons (Fsp3) is 0.333. The number of nitrogens with zero attached hydrogens (tertiary/aromatic N) is 2. The molecule has 0 aromatic carbocycles. The summed E-state index contributed by atoms with van der Waals surface area (Å²) >= 11 is 0. The lowest BCUT2D eigenvalue weighted by atomic mass is 10.1.